The number of carbonyl (C=O) groups is 2. The molecule has 0 radical (unpaired) electrons. The molecule has 5 heteroatoms. The fraction of sp³-hybridized carbons (Fsp3) is 0.333. The van der Waals surface area contributed by atoms with E-state index < -0.39 is 17.7 Å². The first kappa shape index (κ1) is 18.0. The predicted molar refractivity (Wildman–Crippen MR) is 102 cm³/mol. The fourth-order valence-electron chi connectivity index (χ4n) is 3.08. The lowest BCUT2D eigenvalue weighted by atomic mass is 9.94. The van der Waals surface area contributed by atoms with Crippen LogP contribution in [0.15, 0.2) is 48.5 Å². The molecule has 136 valence electrons. The van der Waals surface area contributed by atoms with Crippen molar-refractivity contribution in [1.82, 2.24) is 5.32 Å². The van der Waals surface area contributed by atoms with Crippen LogP contribution in [-0.4, -0.2) is 30.7 Å². The number of likely N-dealkylation sites (N-methyl/N-ethyl adjacent to an activating group) is 1. The van der Waals surface area contributed by atoms with Gasteiger partial charge in [0, 0.05) is 19.2 Å². The van der Waals surface area contributed by atoms with E-state index in [4.69, 9.17) is 4.74 Å². The summed E-state index contributed by atoms with van der Waals surface area (Å²) in [6.07, 6.45) is -0.124. The highest BCUT2D eigenvalue weighted by atomic mass is 16.6. The summed E-state index contributed by atoms with van der Waals surface area (Å²) in [5, 5.41) is 2.69. The predicted octanol–water partition coefficient (Wildman–Crippen LogP) is 3.77. The van der Waals surface area contributed by atoms with E-state index in [-0.39, 0.29) is 5.91 Å². The largest absolute Gasteiger partial charge is 0.444 e. The number of rotatable bonds is 2. The third-order valence-electron chi connectivity index (χ3n) is 4.30. The zero-order chi connectivity index (χ0) is 18.9. The van der Waals surface area contributed by atoms with Gasteiger partial charge in [-0.15, -0.1) is 0 Å². The fourth-order valence-corrected chi connectivity index (χ4v) is 3.08. The van der Waals surface area contributed by atoms with Crippen LogP contribution in [0.5, 0.6) is 0 Å². The Hall–Kier alpha value is -2.82. The van der Waals surface area contributed by atoms with E-state index in [1.54, 1.807) is 32.7 Å². The van der Waals surface area contributed by atoms with Crippen LogP contribution in [-0.2, 0) is 16.0 Å². The molecule has 0 saturated carbocycles. The summed E-state index contributed by atoms with van der Waals surface area (Å²) in [5.74, 6) is -0.145. The number of benzene rings is 2. The first-order valence-electron chi connectivity index (χ1n) is 8.70. The summed E-state index contributed by atoms with van der Waals surface area (Å²) in [6.45, 7) is 5.38. The van der Waals surface area contributed by atoms with Crippen molar-refractivity contribution < 1.29 is 14.3 Å². The standard InChI is InChI=1S/C21H24N2O3/c1-21(2,3)26-20(25)22-17-12-16-11-10-15(14-8-6-5-7-9-14)13-18(16)23(4)19(17)24/h5-11,13,17H,12H2,1-4H3,(H,22,25). The zero-order valence-corrected chi connectivity index (χ0v) is 15.6. The molecule has 1 aliphatic heterocycles. The number of hydrogen-bond acceptors (Lipinski definition) is 3. The number of nitrogens with one attached hydrogen (secondary N) is 1. The van der Waals surface area contributed by atoms with Crippen LogP contribution in [0.3, 0.4) is 0 Å². The normalized spacial score (nSPS) is 16.8. The minimum atomic E-state index is -0.620. The molecule has 1 heterocycles. The van der Waals surface area contributed by atoms with Gasteiger partial charge >= 0.3 is 6.09 Å². The smallest absolute Gasteiger partial charge is 0.408 e. The molecule has 2 aromatic rings. The molecule has 26 heavy (non-hydrogen) atoms. The van der Waals surface area contributed by atoms with Gasteiger partial charge in [-0.2, -0.15) is 0 Å². The molecular weight excluding hydrogens is 328 g/mol. The molecule has 1 atom stereocenters. The Morgan fingerprint density at radius 1 is 1.12 bits per heavy atom. The van der Waals surface area contributed by atoms with Gasteiger partial charge < -0.3 is 15.0 Å². The Morgan fingerprint density at radius 2 is 1.81 bits per heavy atom. The molecule has 2 aromatic carbocycles. The van der Waals surface area contributed by atoms with Gasteiger partial charge in [-0.3, -0.25) is 4.79 Å². The number of anilines is 1. The molecule has 1 N–H and O–H groups in total. The first-order chi connectivity index (χ1) is 12.2. The van der Waals surface area contributed by atoms with Crippen LogP contribution in [0.25, 0.3) is 11.1 Å². The second-order valence-corrected chi connectivity index (χ2v) is 7.51. The average molecular weight is 352 g/mol. The van der Waals surface area contributed by atoms with Crippen molar-refractivity contribution in [3.05, 3.63) is 54.1 Å². The van der Waals surface area contributed by atoms with Crippen molar-refractivity contribution in [2.24, 2.45) is 0 Å². The molecule has 0 spiro atoms. The number of amides is 2. The number of ether oxygens (including phenoxy) is 1. The van der Waals surface area contributed by atoms with Gasteiger partial charge in [0.2, 0.25) is 5.91 Å². The highest BCUT2D eigenvalue weighted by Gasteiger charge is 2.33. The Morgan fingerprint density at radius 3 is 2.46 bits per heavy atom. The summed E-state index contributed by atoms with van der Waals surface area (Å²) in [7, 11) is 1.73. The van der Waals surface area contributed by atoms with Crippen molar-refractivity contribution in [3.63, 3.8) is 0 Å². The first-order valence-corrected chi connectivity index (χ1v) is 8.70. The van der Waals surface area contributed by atoms with E-state index in [0.717, 1.165) is 22.4 Å². The van der Waals surface area contributed by atoms with E-state index in [0.29, 0.717) is 6.42 Å². The molecule has 0 fully saturated rings. The quantitative estimate of drug-likeness (QED) is 0.895. The maximum Gasteiger partial charge on any atom is 0.408 e. The number of carbonyl (C=O) groups excluding carboxylic acids is 2. The third kappa shape index (κ3) is 3.87. The van der Waals surface area contributed by atoms with Gasteiger partial charge in [-0.1, -0.05) is 42.5 Å². The molecule has 0 aromatic heterocycles. The van der Waals surface area contributed by atoms with Crippen LogP contribution in [0.4, 0.5) is 10.5 Å². The Kier molecular flexibility index (Phi) is 4.72. The number of fused-ring (bicyclic) bond motifs is 1. The molecule has 0 aliphatic carbocycles. The van der Waals surface area contributed by atoms with Crippen LogP contribution in [0, 0.1) is 0 Å². The minimum absolute atomic E-state index is 0.145. The van der Waals surface area contributed by atoms with Gasteiger partial charge in [-0.05, 0) is 43.5 Å². The molecule has 0 bridgehead atoms. The van der Waals surface area contributed by atoms with Crippen LogP contribution in [0.2, 0.25) is 0 Å². The lowest BCUT2D eigenvalue weighted by Crippen LogP contribution is -2.52. The molecule has 2 amide bonds. The molecule has 0 saturated heterocycles. The van der Waals surface area contributed by atoms with Crippen molar-refractivity contribution in [2.45, 2.75) is 38.8 Å². The topological polar surface area (TPSA) is 58.6 Å². The summed E-state index contributed by atoms with van der Waals surface area (Å²) in [4.78, 5) is 26.3. The number of nitrogens with zero attached hydrogens (tertiary/aromatic N) is 1. The SMILES string of the molecule is CN1C(=O)C(NC(=O)OC(C)(C)C)Cc2ccc(-c3ccccc3)cc21. The van der Waals surface area contributed by atoms with Crippen molar-refractivity contribution in [3.8, 4) is 11.1 Å². The van der Waals surface area contributed by atoms with Crippen LogP contribution < -0.4 is 10.2 Å². The zero-order valence-electron chi connectivity index (χ0n) is 15.6. The lowest BCUT2D eigenvalue weighted by Gasteiger charge is -2.32. The maximum atomic E-state index is 12.7. The van der Waals surface area contributed by atoms with Gasteiger partial charge in [-0.25, -0.2) is 4.79 Å². The molecule has 5 nitrogen and oxygen atoms in total. The van der Waals surface area contributed by atoms with Crippen molar-refractivity contribution in [2.75, 3.05) is 11.9 Å². The van der Waals surface area contributed by atoms with Gasteiger partial charge in [0.1, 0.15) is 11.6 Å². The van der Waals surface area contributed by atoms with Crippen LogP contribution >= 0.6 is 0 Å². The van der Waals surface area contributed by atoms with Gasteiger partial charge in [0.25, 0.3) is 0 Å². The maximum absolute atomic E-state index is 12.7. The van der Waals surface area contributed by atoms with E-state index in [1.807, 2.05) is 48.5 Å². The third-order valence-corrected chi connectivity index (χ3v) is 4.30. The lowest BCUT2D eigenvalue weighted by molar-refractivity contribution is -0.120. The second kappa shape index (κ2) is 6.83. The molecule has 3 rings (SSSR count). The van der Waals surface area contributed by atoms with Crippen LogP contribution in [0.1, 0.15) is 26.3 Å². The summed E-state index contributed by atoms with van der Waals surface area (Å²) < 4.78 is 5.27. The Balaban J connectivity index is 1.82. The number of alkyl carbamates (subject to hydrolysis) is 1. The minimum Gasteiger partial charge on any atom is -0.444 e. The highest BCUT2D eigenvalue weighted by Crippen LogP contribution is 2.32. The van der Waals surface area contributed by atoms with Crippen molar-refractivity contribution in [1.29, 1.82) is 0 Å². The van der Waals surface area contributed by atoms with Crippen molar-refractivity contribution >= 4 is 17.7 Å². The molecule has 1 aliphatic rings. The second-order valence-electron chi connectivity index (χ2n) is 7.51. The van der Waals surface area contributed by atoms with E-state index in [1.165, 1.54) is 0 Å². The highest BCUT2D eigenvalue weighted by molar-refractivity contribution is 6.01. The summed E-state index contributed by atoms with van der Waals surface area (Å²) in [5.41, 5.74) is 3.45. The Bertz CT molecular complexity index is 825. The van der Waals surface area contributed by atoms with E-state index in [2.05, 4.69) is 5.32 Å². The average Bonchev–Trinajstić information content (AvgIpc) is 2.58. The summed E-state index contributed by atoms with van der Waals surface area (Å²) in [6, 6.07) is 15.5. The molecular formula is C21H24N2O3. The van der Waals surface area contributed by atoms with E-state index >= 15 is 0 Å². The number of hydrogen-bond donors (Lipinski definition) is 1. The monoisotopic (exact) mass is 352 g/mol. The van der Waals surface area contributed by atoms with Gasteiger partial charge in [0.05, 0.1) is 0 Å². The molecule has 1 unspecified atom stereocenters. The Labute approximate surface area is 154 Å². The van der Waals surface area contributed by atoms with Gasteiger partial charge in [0.15, 0.2) is 0 Å². The van der Waals surface area contributed by atoms with E-state index in [9.17, 15) is 9.59 Å². The summed E-state index contributed by atoms with van der Waals surface area (Å²) >= 11 is 0.